The molecule has 1 fully saturated rings. The van der Waals surface area contributed by atoms with Crippen LogP contribution in [0.1, 0.15) is 36.6 Å². The van der Waals surface area contributed by atoms with Crippen molar-refractivity contribution in [1.29, 1.82) is 0 Å². The second kappa shape index (κ2) is 5.46. The van der Waals surface area contributed by atoms with Crippen LogP contribution in [0.3, 0.4) is 0 Å². The highest BCUT2D eigenvalue weighted by Crippen LogP contribution is 2.33. The van der Waals surface area contributed by atoms with E-state index in [1.54, 1.807) is 11.3 Å². The number of carbonyl (C=O) groups is 1. The molecule has 1 aromatic heterocycles. The first kappa shape index (κ1) is 11.6. The lowest BCUT2D eigenvalue weighted by molar-refractivity contribution is -0.138. The van der Waals surface area contributed by atoms with Crippen LogP contribution in [0.5, 0.6) is 0 Å². The second-order valence-corrected chi connectivity index (χ2v) is 5.28. The Morgan fingerprint density at radius 3 is 3.12 bits per heavy atom. The van der Waals surface area contributed by atoms with E-state index in [1.807, 2.05) is 6.07 Å². The number of hydrogen-bond acceptors (Lipinski definition) is 3. The van der Waals surface area contributed by atoms with Crippen LogP contribution in [0.4, 0.5) is 0 Å². The van der Waals surface area contributed by atoms with E-state index in [0.717, 1.165) is 25.8 Å². The van der Waals surface area contributed by atoms with Crippen LogP contribution < -0.4 is 5.32 Å². The quantitative estimate of drug-likeness (QED) is 0.852. The van der Waals surface area contributed by atoms with Gasteiger partial charge in [-0.3, -0.25) is 4.79 Å². The summed E-state index contributed by atoms with van der Waals surface area (Å²) in [7, 11) is 0. The first-order valence-electron chi connectivity index (χ1n) is 5.76. The third-order valence-corrected chi connectivity index (χ3v) is 4.08. The van der Waals surface area contributed by atoms with E-state index in [2.05, 4.69) is 16.8 Å². The van der Waals surface area contributed by atoms with Crippen molar-refractivity contribution in [3.8, 4) is 0 Å². The predicted octanol–water partition coefficient (Wildman–Crippen LogP) is 2.65. The molecular formula is C12H17NO2S. The van der Waals surface area contributed by atoms with Crippen molar-refractivity contribution in [2.75, 3.05) is 6.54 Å². The monoisotopic (exact) mass is 239 g/mol. The number of thiophene rings is 1. The molecule has 0 unspecified atom stereocenters. The molecule has 0 spiro atoms. The lowest BCUT2D eigenvalue weighted by Gasteiger charge is -2.23. The molecule has 2 N–H and O–H groups in total. The Hall–Kier alpha value is -0.870. The average Bonchev–Trinajstić information content (AvgIpc) is 2.66. The number of carboxylic acids is 1. The Labute approximate surface area is 99.5 Å². The van der Waals surface area contributed by atoms with Crippen molar-refractivity contribution in [2.24, 2.45) is 5.92 Å². The minimum absolute atomic E-state index is 0.235. The maximum absolute atomic E-state index is 10.9. The third kappa shape index (κ3) is 2.83. The zero-order chi connectivity index (χ0) is 11.4. The van der Waals surface area contributed by atoms with Gasteiger partial charge in [-0.15, -0.1) is 11.3 Å². The van der Waals surface area contributed by atoms with E-state index in [9.17, 15) is 4.79 Å². The molecule has 16 heavy (non-hydrogen) atoms. The summed E-state index contributed by atoms with van der Waals surface area (Å²) in [6.07, 6.45) is 3.57. The van der Waals surface area contributed by atoms with E-state index >= 15 is 0 Å². The van der Waals surface area contributed by atoms with Crippen LogP contribution in [-0.4, -0.2) is 17.6 Å². The minimum atomic E-state index is -0.685. The molecule has 0 saturated carbocycles. The average molecular weight is 239 g/mol. The van der Waals surface area contributed by atoms with E-state index in [4.69, 9.17) is 5.11 Å². The molecule has 3 nitrogen and oxygen atoms in total. The summed E-state index contributed by atoms with van der Waals surface area (Å²) in [5.41, 5.74) is 0. The zero-order valence-electron chi connectivity index (χ0n) is 9.19. The number of rotatable bonds is 3. The molecule has 0 aliphatic carbocycles. The van der Waals surface area contributed by atoms with Crippen LogP contribution in [0.2, 0.25) is 0 Å². The van der Waals surface area contributed by atoms with Crippen LogP contribution in [0.15, 0.2) is 17.5 Å². The SMILES string of the molecule is O=C(O)C[C@H]1CCCCN[C@@H]1c1cccs1. The largest absolute Gasteiger partial charge is 0.481 e. The van der Waals surface area contributed by atoms with E-state index in [1.165, 1.54) is 4.88 Å². The summed E-state index contributed by atoms with van der Waals surface area (Å²) in [4.78, 5) is 12.1. The van der Waals surface area contributed by atoms with Gasteiger partial charge in [-0.05, 0) is 36.8 Å². The molecule has 2 heterocycles. The molecule has 0 bridgehead atoms. The van der Waals surface area contributed by atoms with Gasteiger partial charge in [0.15, 0.2) is 0 Å². The normalized spacial score (nSPS) is 26.2. The molecule has 0 aromatic carbocycles. The number of hydrogen-bond donors (Lipinski definition) is 2. The maximum atomic E-state index is 10.9. The molecule has 1 saturated heterocycles. The molecule has 2 rings (SSSR count). The van der Waals surface area contributed by atoms with Crippen LogP contribution in [0.25, 0.3) is 0 Å². The highest BCUT2D eigenvalue weighted by Gasteiger charge is 2.27. The van der Waals surface area contributed by atoms with Gasteiger partial charge in [0.25, 0.3) is 0 Å². The Bertz CT molecular complexity index is 337. The highest BCUT2D eigenvalue weighted by atomic mass is 32.1. The van der Waals surface area contributed by atoms with Crippen LogP contribution in [0, 0.1) is 5.92 Å². The number of carboxylic acid groups (broad SMARTS) is 1. The first-order valence-corrected chi connectivity index (χ1v) is 6.64. The summed E-state index contributed by atoms with van der Waals surface area (Å²) in [5, 5.41) is 14.5. The standard InChI is InChI=1S/C12H17NO2S/c14-11(15)8-9-4-1-2-6-13-12(9)10-5-3-7-16-10/h3,5,7,9,12-13H,1-2,4,6,8H2,(H,14,15)/t9-,12+/m1/s1. The van der Waals surface area contributed by atoms with Gasteiger partial charge in [0.1, 0.15) is 0 Å². The number of nitrogens with one attached hydrogen (secondary N) is 1. The van der Waals surface area contributed by atoms with Crippen LogP contribution in [-0.2, 0) is 4.79 Å². The van der Waals surface area contributed by atoms with Crippen molar-refractivity contribution in [3.05, 3.63) is 22.4 Å². The molecule has 88 valence electrons. The molecule has 4 heteroatoms. The van der Waals surface area contributed by atoms with E-state index in [0.29, 0.717) is 0 Å². The van der Waals surface area contributed by atoms with Gasteiger partial charge >= 0.3 is 5.97 Å². The van der Waals surface area contributed by atoms with Crippen LogP contribution >= 0.6 is 11.3 Å². The topological polar surface area (TPSA) is 49.3 Å². The van der Waals surface area contributed by atoms with Gasteiger partial charge in [0.2, 0.25) is 0 Å². The Morgan fingerprint density at radius 1 is 1.56 bits per heavy atom. The van der Waals surface area contributed by atoms with Gasteiger partial charge in [-0.1, -0.05) is 12.5 Å². The maximum Gasteiger partial charge on any atom is 0.303 e. The zero-order valence-corrected chi connectivity index (χ0v) is 10.0. The fourth-order valence-corrected chi connectivity index (χ4v) is 3.26. The van der Waals surface area contributed by atoms with Gasteiger partial charge in [-0.2, -0.15) is 0 Å². The van der Waals surface area contributed by atoms with Crippen molar-refractivity contribution in [1.82, 2.24) is 5.32 Å². The predicted molar refractivity (Wildman–Crippen MR) is 64.7 cm³/mol. The van der Waals surface area contributed by atoms with E-state index in [-0.39, 0.29) is 18.4 Å². The van der Waals surface area contributed by atoms with Gasteiger partial charge < -0.3 is 10.4 Å². The molecule has 0 amide bonds. The van der Waals surface area contributed by atoms with Gasteiger partial charge in [0.05, 0.1) is 0 Å². The summed E-state index contributed by atoms with van der Waals surface area (Å²) in [6.45, 7) is 0.999. The molecular weight excluding hydrogens is 222 g/mol. The lowest BCUT2D eigenvalue weighted by atomic mass is 9.91. The fourth-order valence-electron chi connectivity index (χ4n) is 2.37. The molecule has 1 aliphatic rings. The Morgan fingerprint density at radius 2 is 2.44 bits per heavy atom. The summed E-state index contributed by atoms with van der Waals surface area (Å²) in [5.74, 6) is -0.450. The lowest BCUT2D eigenvalue weighted by Crippen LogP contribution is -2.27. The molecule has 2 atom stereocenters. The van der Waals surface area contributed by atoms with Gasteiger partial charge in [-0.25, -0.2) is 0 Å². The minimum Gasteiger partial charge on any atom is -0.481 e. The molecule has 1 aromatic rings. The van der Waals surface area contributed by atoms with Crippen molar-refractivity contribution >= 4 is 17.3 Å². The van der Waals surface area contributed by atoms with E-state index < -0.39 is 5.97 Å². The number of aliphatic carboxylic acids is 1. The smallest absolute Gasteiger partial charge is 0.303 e. The Balaban J connectivity index is 2.13. The fraction of sp³-hybridized carbons (Fsp3) is 0.583. The van der Waals surface area contributed by atoms with Crippen molar-refractivity contribution in [3.63, 3.8) is 0 Å². The Kier molecular flexibility index (Phi) is 3.96. The summed E-state index contributed by atoms with van der Waals surface area (Å²) >= 11 is 1.71. The van der Waals surface area contributed by atoms with Crippen molar-refractivity contribution in [2.45, 2.75) is 31.7 Å². The molecule has 0 radical (unpaired) electrons. The van der Waals surface area contributed by atoms with Crippen molar-refractivity contribution < 1.29 is 9.90 Å². The third-order valence-electron chi connectivity index (χ3n) is 3.12. The highest BCUT2D eigenvalue weighted by molar-refractivity contribution is 7.10. The first-order chi connectivity index (χ1) is 7.77. The van der Waals surface area contributed by atoms with Gasteiger partial charge in [0, 0.05) is 17.3 Å². The second-order valence-electron chi connectivity index (χ2n) is 4.30. The summed E-state index contributed by atoms with van der Waals surface area (Å²) in [6, 6.07) is 4.37. The molecule has 1 aliphatic heterocycles. The summed E-state index contributed by atoms with van der Waals surface area (Å²) < 4.78 is 0.